The van der Waals surface area contributed by atoms with Crippen LogP contribution in [0.1, 0.15) is 25.7 Å². The summed E-state index contributed by atoms with van der Waals surface area (Å²) in [6, 6.07) is 0. The highest BCUT2D eigenvalue weighted by atomic mass is 19.1. The van der Waals surface area contributed by atoms with Crippen LogP contribution >= 0.6 is 0 Å². The molecular weight excluding hydrogens is 163 g/mol. The van der Waals surface area contributed by atoms with Gasteiger partial charge in [0.2, 0.25) is 0 Å². The lowest BCUT2D eigenvalue weighted by molar-refractivity contribution is -0.163. The third-order valence-corrected chi connectivity index (χ3v) is 2.01. The van der Waals surface area contributed by atoms with Gasteiger partial charge in [0.15, 0.2) is 6.67 Å². The molecular formula is C8H11FO3. The van der Waals surface area contributed by atoms with Gasteiger partial charge in [-0.15, -0.1) is 0 Å². The van der Waals surface area contributed by atoms with Crippen LogP contribution < -0.4 is 0 Å². The Morgan fingerprint density at radius 1 is 1.33 bits per heavy atom. The van der Waals surface area contributed by atoms with Gasteiger partial charge in [0.1, 0.15) is 0 Å². The fraction of sp³-hybridized carbons (Fsp3) is 0.750. The minimum absolute atomic E-state index is 0.180. The SMILES string of the molecule is O=C(CF)OC(=O)C1CCCC1. The van der Waals surface area contributed by atoms with Crippen LogP contribution in [-0.4, -0.2) is 18.6 Å². The molecule has 0 heterocycles. The molecule has 0 aromatic rings. The smallest absolute Gasteiger partial charge is 0.345 e. The predicted octanol–water partition coefficient (Wildman–Crippen LogP) is 1.22. The van der Waals surface area contributed by atoms with Crippen LogP contribution in [0, 0.1) is 5.92 Å². The van der Waals surface area contributed by atoms with Gasteiger partial charge in [-0.2, -0.15) is 0 Å². The second kappa shape index (κ2) is 4.18. The van der Waals surface area contributed by atoms with E-state index in [2.05, 4.69) is 4.74 Å². The Hall–Kier alpha value is -0.930. The summed E-state index contributed by atoms with van der Waals surface area (Å²) in [4.78, 5) is 21.4. The predicted molar refractivity (Wildman–Crippen MR) is 39.0 cm³/mol. The molecule has 4 heteroatoms. The molecule has 12 heavy (non-hydrogen) atoms. The van der Waals surface area contributed by atoms with Gasteiger partial charge in [-0.3, -0.25) is 4.79 Å². The van der Waals surface area contributed by atoms with Crippen LogP contribution in [0.2, 0.25) is 0 Å². The molecule has 1 saturated carbocycles. The molecule has 0 aromatic carbocycles. The van der Waals surface area contributed by atoms with Gasteiger partial charge in [-0.25, -0.2) is 9.18 Å². The van der Waals surface area contributed by atoms with Crippen molar-refractivity contribution in [2.24, 2.45) is 5.92 Å². The van der Waals surface area contributed by atoms with E-state index in [4.69, 9.17) is 0 Å². The van der Waals surface area contributed by atoms with Gasteiger partial charge in [-0.05, 0) is 12.8 Å². The second-order valence-electron chi connectivity index (χ2n) is 2.91. The molecule has 0 saturated heterocycles. The molecule has 0 amide bonds. The van der Waals surface area contributed by atoms with E-state index in [-0.39, 0.29) is 5.92 Å². The average molecular weight is 174 g/mol. The molecule has 0 N–H and O–H groups in total. The lowest BCUT2D eigenvalue weighted by Gasteiger charge is -2.05. The Morgan fingerprint density at radius 2 is 1.92 bits per heavy atom. The Kier molecular flexibility index (Phi) is 3.19. The molecule has 1 rings (SSSR count). The molecule has 3 nitrogen and oxygen atoms in total. The normalized spacial score (nSPS) is 17.8. The Labute approximate surface area is 69.9 Å². The lowest BCUT2D eigenvalue weighted by atomic mass is 10.1. The number of rotatable bonds is 2. The van der Waals surface area contributed by atoms with Gasteiger partial charge in [0.25, 0.3) is 0 Å². The topological polar surface area (TPSA) is 43.4 Å². The maximum Gasteiger partial charge on any atom is 0.345 e. The van der Waals surface area contributed by atoms with Crippen LogP contribution in [0.4, 0.5) is 4.39 Å². The summed E-state index contributed by atoms with van der Waals surface area (Å²) < 4.78 is 15.8. The molecule has 0 bridgehead atoms. The van der Waals surface area contributed by atoms with Crippen LogP contribution in [0.5, 0.6) is 0 Å². The number of hydrogen-bond acceptors (Lipinski definition) is 3. The minimum atomic E-state index is -1.22. The molecule has 0 unspecified atom stereocenters. The van der Waals surface area contributed by atoms with Gasteiger partial charge in [-0.1, -0.05) is 12.8 Å². The first-order valence-corrected chi connectivity index (χ1v) is 4.04. The summed E-state index contributed by atoms with van der Waals surface area (Å²) in [7, 11) is 0. The summed E-state index contributed by atoms with van der Waals surface area (Å²) in [6.07, 6.45) is 3.50. The maximum absolute atomic E-state index is 11.6. The van der Waals surface area contributed by atoms with Crippen molar-refractivity contribution < 1.29 is 18.7 Å². The number of carbonyl (C=O) groups is 2. The summed E-state index contributed by atoms with van der Waals surface area (Å²) >= 11 is 0. The quantitative estimate of drug-likeness (QED) is 0.467. The number of hydrogen-bond donors (Lipinski definition) is 0. The number of esters is 2. The van der Waals surface area contributed by atoms with Crippen molar-refractivity contribution in [3.8, 4) is 0 Å². The standard InChI is InChI=1S/C8H11FO3/c9-5-7(10)12-8(11)6-3-1-2-4-6/h6H,1-5H2. The first-order chi connectivity index (χ1) is 5.74. The van der Waals surface area contributed by atoms with Gasteiger partial charge in [0.05, 0.1) is 5.92 Å². The first-order valence-electron chi connectivity index (χ1n) is 4.04. The maximum atomic E-state index is 11.6. The van der Waals surface area contributed by atoms with Crippen molar-refractivity contribution in [2.75, 3.05) is 6.67 Å². The largest absolute Gasteiger partial charge is 0.391 e. The van der Waals surface area contributed by atoms with Crippen LogP contribution in [-0.2, 0) is 14.3 Å². The third kappa shape index (κ3) is 2.29. The summed E-state index contributed by atoms with van der Waals surface area (Å²) in [5.74, 6) is -1.82. The van der Waals surface area contributed by atoms with Crippen LogP contribution in [0.25, 0.3) is 0 Å². The monoisotopic (exact) mass is 174 g/mol. The molecule has 0 aromatic heterocycles. The van der Waals surface area contributed by atoms with E-state index in [0.717, 1.165) is 25.7 Å². The fourth-order valence-electron chi connectivity index (χ4n) is 1.38. The molecule has 1 aliphatic carbocycles. The van der Waals surface area contributed by atoms with E-state index >= 15 is 0 Å². The van der Waals surface area contributed by atoms with Crippen molar-refractivity contribution in [2.45, 2.75) is 25.7 Å². The first kappa shape index (κ1) is 9.16. The van der Waals surface area contributed by atoms with Crippen LogP contribution in [0.15, 0.2) is 0 Å². The number of alkyl halides is 1. The molecule has 1 fully saturated rings. The molecule has 1 aliphatic rings. The zero-order valence-electron chi connectivity index (χ0n) is 6.72. The zero-order valence-corrected chi connectivity index (χ0v) is 6.72. The minimum Gasteiger partial charge on any atom is -0.391 e. The Balaban J connectivity index is 2.32. The van der Waals surface area contributed by atoms with Gasteiger partial charge < -0.3 is 4.74 Å². The average Bonchev–Trinajstić information content (AvgIpc) is 2.56. The highest BCUT2D eigenvalue weighted by molar-refractivity contribution is 5.87. The highest BCUT2D eigenvalue weighted by Crippen LogP contribution is 2.25. The summed E-state index contributed by atoms with van der Waals surface area (Å²) in [6.45, 7) is -1.22. The molecule has 0 aliphatic heterocycles. The van der Waals surface area contributed by atoms with E-state index in [1.165, 1.54) is 0 Å². The Morgan fingerprint density at radius 3 is 2.42 bits per heavy atom. The van der Waals surface area contributed by atoms with Crippen LogP contribution in [0.3, 0.4) is 0 Å². The lowest BCUT2D eigenvalue weighted by Crippen LogP contribution is -2.19. The molecule has 0 atom stereocenters. The van der Waals surface area contributed by atoms with E-state index in [9.17, 15) is 14.0 Å². The van der Waals surface area contributed by atoms with Crippen molar-refractivity contribution >= 4 is 11.9 Å². The highest BCUT2D eigenvalue weighted by Gasteiger charge is 2.25. The summed E-state index contributed by atoms with van der Waals surface area (Å²) in [5, 5.41) is 0. The number of carbonyl (C=O) groups excluding carboxylic acids is 2. The van der Waals surface area contributed by atoms with Crippen molar-refractivity contribution in [1.29, 1.82) is 0 Å². The number of ether oxygens (including phenoxy) is 1. The second-order valence-corrected chi connectivity index (χ2v) is 2.91. The van der Waals surface area contributed by atoms with Crippen molar-refractivity contribution in [3.05, 3.63) is 0 Å². The zero-order chi connectivity index (χ0) is 8.97. The molecule has 68 valence electrons. The molecule has 0 radical (unpaired) electrons. The van der Waals surface area contributed by atoms with Crippen molar-refractivity contribution in [1.82, 2.24) is 0 Å². The van der Waals surface area contributed by atoms with E-state index < -0.39 is 18.6 Å². The van der Waals surface area contributed by atoms with E-state index in [1.54, 1.807) is 0 Å². The van der Waals surface area contributed by atoms with Crippen molar-refractivity contribution in [3.63, 3.8) is 0 Å². The van der Waals surface area contributed by atoms with Gasteiger partial charge >= 0.3 is 11.9 Å². The Bertz CT molecular complexity index is 185. The van der Waals surface area contributed by atoms with E-state index in [0.29, 0.717) is 0 Å². The summed E-state index contributed by atoms with van der Waals surface area (Å²) in [5.41, 5.74) is 0. The third-order valence-electron chi connectivity index (χ3n) is 2.01. The van der Waals surface area contributed by atoms with Gasteiger partial charge in [0, 0.05) is 0 Å². The molecule has 0 spiro atoms. The number of halogens is 1. The van der Waals surface area contributed by atoms with E-state index in [1.807, 2.05) is 0 Å². The fourth-order valence-corrected chi connectivity index (χ4v) is 1.38.